The molecule has 3 rings (SSSR count). The number of carbonyl (C=O) groups is 1. The standard InChI is InChI=1S/C16H27NO2/c1-12(18)19-16-13-6-5-7-14(16)15(9-8-13)17-10-3-2-4-11-17/h13-16H,2-11H2,1H3/t13?,14?,15?,16-/m0/s1. The molecule has 0 N–H and O–H groups in total. The number of nitrogens with zero attached hydrogens (tertiary/aromatic N) is 1. The summed E-state index contributed by atoms with van der Waals surface area (Å²) in [5, 5.41) is 0. The van der Waals surface area contributed by atoms with Crippen LogP contribution in [0.25, 0.3) is 0 Å². The highest BCUT2D eigenvalue weighted by Crippen LogP contribution is 2.44. The number of carbonyl (C=O) groups excluding carboxylic acids is 1. The van der Waals surface area contributed by atoms with Gasteiger partial charge in [-0.25, -0.2) is 0 Å². The van der Waals surface area contributed by atoms with Crippen LogP contribution < -0.4 is 0 Å². The maximum atomic E-state index is 11.4. The Balaban J connectivity index is 1.72. The van der Waals surface area contributed by atoms with Crippen molar-refractivity contribution in [3.63, 3.8) is 0 Å². The van der Waals surface area contributed by atoms with Crippen LogP contribution in [-0.2, 0) is 9.53 Å². The molecule has 108 valence electrons. The van der Waals surface area contributed by atoms with Crippen LogP contribution in [0.2, 0.25) is 0 Å². The molecular weight excluding hydrogens is 238 g/mol. The molecule has 3 aliphatic rings. The van der Waals surface area contributed by atoms with Gasteiger partial charge in [-0.3, -0.25) is 9.69 Å². The van der Waals surface area contributed by atoms with Gasteiger partial charge in [0.25, 0.3) is 0 Å². The molecule has 3 heteroatoms. The Morgan fingerprint density at radius 2 is 1.79 bits per heavy atom. The summed E-state index contributed by atoms with van der Waals surface area (Å²) in [5.74, 6) is 1.17. The predicted molar refractivity (Wildman–Crippen MR) is 74.8 cm³/mol. The van der Waals surface area contributed by atoms with E-state index in [2.05, 4.69) is 4.90 Å². The van der Waals surface area contributed by atoms with Gasteiger partial charge in [-0.05, 0) is 57.5 Å². The van der Waals surface area contributed by atoms with Gasteiger partial charge in [-0.1, -0.05) is 12.8 Å². The fraction of sp³-hybridized carbons (Fsp3) is 0.938. The number of esters is 1. The molecule has 0 amide bonds. The van der Waals surface area contributed by atoms with Crippen LogP contribution in [0.4, 0.5) is 0 Å². The fourth-order valence-electron chi connectivity index (χ4n) is 4.69. The van der Waals surface area contributed by atoms with Gasteiger partial charge < -0.3 is 4.74 Å². The fourth-order valence-corrected chi connectivity index (χ4v) is 4.69. The first-order valence-corrected chi connectivity index (χ1v) is 8.17. The molecule has 4 atom stereocenters. The molecule has 3 unspecified atom stereocenters. The first-order chi connectivity index (χ1) is 9.25. The van der Waals surface area contributed by atoms with Crippen molar-refractivity contribution >= 4 is 5.97 Å². The summed E-state index contributed by atoms with van der Waals surface area (Å²) in [4.78, 5) is 14.1. The van der Waals surface area contributed by atoms with Crippen LogP contribution in [0.5, 0.6) is 0 Å². The molecular formula is C16H27NO2. The number of likely N-dealkylation sites (tertiary alicyclic amines) is 1. The number of piperidine rings is 1. The monoisotopic (exact) mass is 265 g/mol. The highest BCUT2D eigenvalue weighted by Gasteiger charge is 2.45. The average Bonchev–Trinajstić information content (AvgIpc) is 2.39. The summed E-state index contributed by atoms with van der Waals surface area (Å²) in [6, 6.07) is 0.682. The second kappa shape index (κ2) is 5.82. The molecule has 3 nitrogen and oxygen atoms in total. The quantitative estimate of drug-likeness (QED) is 0.719. The van der Waals surface area contributed by atoms with Crippen LogP contribution in [0.15, 0.2) is 0 Å². The van der Waals surface area contributed by atoms with E-state index in [0.29, 0.717) is 17.9 Å². The molecule has 2 bridgehead atoms. The molecule has 3 fully saturated rings. The van der Waals surface area contributed by atoms with Crippen molar-refractivity contribution in [3.8, 4) is 0 Å². The lowest BCUT2D eigenvalue weighted by Crippen LogP contribution is -2.54. The van der Waals surface area contributed by atoms with Crippen molar-refractivity contribution in [2.24, 2.45) is 11.8 Å². The molecule has 0 radical (unpaired) electrons. The molecule has 1 aliphatic heterocycles. The third-order valence-corrected chi connectivity index (χ3v) is 5.49. The smallest absolute Gasteiger partial charge is 0.302 e. The molecule has 19 heavy (non-hydrogen) atoms. The summed E-state index contributed by atoms with van der Waals surface area (Å²) >= 11 is 0. The maximum Gasteiger partial charge on any atom is 0.302 e. The second-order valence-electron chi connectivity index (χ2n) is 6.67. The molecule has 0 aromatic heterocycles. The first-order valence-electron chi connectivity index (χ1n) is 8.17. The zero-order valence-corrected chi connectivity index (χ0v) is 12.1. The van der Waals surface area contributed by atoms with Gasteiger partial charge in [0, 0.05) is 18.9 Å². The summed E-state index contributed by atoms with van der Waals surface area (Å²) < 4.78 is 5.71. The molecule has 0 spiro atoms. The lowest BCUT2D eigenvalue weighted by molar-refractivity contribution is -0.162. The zero-order valence-electron chi connectivity index (χ0n) is 12.1. The van der Waals surface area contributed by atoms with E-state index in [-0.39, 0.29) is 12.1 Å². The Labute approximate surface area is 116 Å². The van der Waals surface area contributed by atoms with Gasteiger partial charge in [-0.15, -0.1) is 0 Å². The number of fused-ring (bicyclic) bond motifs is 2. The Hall–Kier alpha value is -0.570. The van der Waals surface area contributed by atoms with Crippen molar-refractivity contribution in [1.29, 1.82) is 0 Å². The van der Waals surface area contributed by atoms with E-state index in [1.807, 2.05) is 0 Å². The lowest BCUT2D eigenvalue weighted by atomic mass is 9.67. The molecule has 0 aromatic carbocycles. The molecule has 1 saturated heterocycles. The van der Waals surface area contributed by atoms with Crippen molar-refractivity contribution < 1.29 is 9.53 Å². The Morgan fingerprint density at radius 1 is 1.00 bits per heavy atom. The van der Waals surface area contributed by atoms with Gasteiger partial charge in [0.1, 0.15) is 6.10 Å². The van der Waals surface area contributed by atoms with E-state index in [1.165, 1.54) is 64.5 Å². The average molecular weight is 265 g/mol. The molecule has 2 saturated carbocycles. The number of rotatable bonds is 2. The number of hydrogen-bond acceptors (Lipinski definition) is 3. The highest BCUT2D eigenvalue weighted by atomic mass is 16.5. The number of ether oxygens (including phenoxy) is 1. The second-order valence-corrected chi connectivity index (χ2v) is 6.67. The highest BCUT2D eigenvalue weighted by molar-refractivity contribution is 5.66. The Bertz CT molecular complexity index is 325. The van der Waals surface area contributed by atoms with Gasteiger partial charge in [-0.2, -0.15) is 0 Å². The van der Waals surface area contributed by atoms with Crippen LogP contribution in [0.3, 0.4) is 0 Å². The van der Waals surface area contributed by atoms with E-state index >= 15 is 0 Å². The van der Waals surface area contributed by atoms with E-state index < -0.39 is 0 Å². The lowest BCUT2D eigenvalue weighted by Gasteiger charge is -2.50. The Morgan fingerprint density at radius 3 is 2.53 bits per heavy atom. The zero-order chi connectivity index (χ0) is 13.2. The van der Waals surface area contributed by atoms with Crippen LogP contribution >= 0.6 is 0 Å². The first kappa shape index (κ1) is 13.4. The topological polar surface area (TPSA) is 29.5 Å². The third kappa shape index (κ3) is 2.81. The molecule has 0 aromatic rings. The number of hydrogen-bond donors (Lipinski definition) is 0. The van der Waals surface area contributed by atoms with E-state index in [1.54, 1.807) is 6.92 Å². The minimum absolute atomic E-state index is 0.0822. The summed E-state index contributed by atoms with van der Waals surface area (Å²) in [5.41, 5.74) is 0. The van der Waals surface area contributed by atoms with E-state index in [9.17, 15) is 4.79 Å². The largest absolute Gasteiger partial charge is 0.462 e. The van der Waals surface area contributed by atoms with Gasteiger partial charge in [0.15, 0.2) is 0 Å². The van der Waals surface area contributed by atoms with Crippen LogP contribution in [0, 0.1) is 11.8 Å². The van der Waals surface area contributed by atoms with Crippen molar-refractivity contribution in [1.82, 2.24) is 4.90 Å². The van der Waals surface area contributed by atoms with Crippen LogP contribution in [-0.4, -0.2) is 36.1 Å². The van der Waals surface area contributed by atoms with Gasteiger partial charge in [0.2, 0.25) is 0 Å². The van der Waals surface area contributed by atoms with E-state index in [4.69, 9.17) is 4.74 Å². The maximum absolute atomic E-state index is 11.4. The van der Waals surface area contributed by atoms with Gasteiger partial charge >= 0.3 is 5.97 Å². The summed E-state index contributed by atoms with van der Waals surface area (Å²) in [6.45, 7) is 4.09. The third-order valence-electron chi connectivity index (χ3n) is 5.49. The minimum Gasteiger partial charge on any atom is -0.462 e. The van der Waals surface area contributed by atoms with Crippen molar-refractivity contribution in [2.45, 2.75) is 70.4 Å². The summed E-state index contributed by atoms with van der Waals surface area (Å²) in [6.07, 6.45) is 10.8. The molecule has 1 heterocycles. The summed E-state index contributed by atoms with van der Waals surface area (Å²) in [7, 11) is 0. The Kier molecular flexibility index (Phi) is 4.11. The SMILES string of the molecule is CC(=O)O[C@H]1C2CCCC1C(N1CCCCC1)CC2. The minimum atomic E-state index is -0.0822. The van der Waals surface area contributed by atoms with E-state index in [0.717, 1.165) is 0 Å². The predicted octanol–water partition coefficient (Wildman–Crippen LogP) is 2.98. The van der Waals surface area contributed by atoms with Crippen molar-refractivity contribution in [2.75, 3.05) is 13.1 Å². The van der Waals surface area contributed by atoms with Crippen molar-refractivity contribution in [3.05, 3.63) is 0 Å². The molecule has 2 aliphatic carbocycles. The van der Waals surface area contributed by atoms with Crippen LogP contribution in [0.1, 0.15) is 58.3 Å². The van der Waals surface area contributed by atoms with Gasteiger partial charge in [0.05, 0.1) is 0 Å². The normalized spacial score (nSPS) is 39.8.